The van der Waals surface area contributed by atoms with E-state index in [0.29, 0.717) is 19.6 Å². The highest BCUT2D eigenvalue weighted by atomic mass is 16.5. The maximum Gasteiger partial charge on any atom is 0.407 e. The van der Waals surface area contributed by atoms with Crippen molar-refractivity contribution in [2.24, 2.45) is 5.92 Å². The van der Waals surface area contributed by atoms with Crippen molar-refractivity contribution >= 4 is 18.0 Å². The highest BCUT2D eigenvalue weighted by molar-refractivity contribution is 5.89. The summed E-state index contributed by atoms with van der Waals surface area (Å²) >= 11 is 0. The molecule has 4 rings (SSSR count). The number of fused-ring (bicyclic) bond motifs is 3. The first-order valence-electron chi connectivity index (χ1n) is 11.2. The molecule has 33 heavy (non-hydrogen) atoms. The Kier molecular flexibility index (Phi) is 6.93. The molecule has 3 N–H and O–H groups in total. The molecule has 8 heteroatoms. The molecular formula is C25H28N2O6. The van der Waals surface area contributed by atoms with Crippen molar-refractivity contribution in [3.63, 3.8) is 0 Å². The fourth-order valence-electron chi connectivity index (χ4n) is 4.54. The lowest BCUT2D eigenvalue weighted by Crippen LogP contribution is -2.53. The monoisotopic (exact) mass is 452 g/mol. The molecule has 1 aliphatic carbocycles. The van der Waals surface area contributed by atoms with E-state index in [4.69, 9.17) is 9.47 Å². The fraction of sp³-hybridized carbons (Fsp3) is 0.400. The summed E-state index contributed by atoms with van der Waals surface area (Å²) in [5.74, 6) is -1.75. The maximum absolute atomic E-state index is 12.7. The van der Waals surface area contributed by atoms with Gasteiger partial charge in [0, 0.05) is 18.6 Å². The van der Waals surface area contributed by atoms with E-state index in [2.05, 4.69) is 10.6 Å². The SMILES string of the molecule is CC1COCCC1NC(=O)C(CC(=O)O)NC(=O)OCC1c2ccccc2-c2ccccc21. The van der Waals surface area contributed by atoms with Crippen LogP contribution in [0, 0.1) is 5.92 Å². The van der Waals surface area contributed by atoms with Gasteiger partial charge in [0.15, 0.2) is 0 Å². The average molecular weight is 453 g/mol. The second-order valence-corrected chi connectivity index (χ2v) is 8.58. The molecule has 1 saturated heterocycles. The van der Waals surface area contributed by atoms with Crippen LogP contribution in [-0.4, -0.2) is 55.0 Å². The number of hydrogen-bond donors (Lipinski definition) is 3. The first kappa shape index (κ1) is 22.8. The third kappa shape index (κ3) is 5.17. The van der Waals surface area contributed by atoms with Crippen LogP contribution in [0.15, 0.2) is 48.5 Å². The van der Waals surface area contributed by atoms with Crippen molar-refractivity contribution in [3.8, 4) is 11.1 Å². The number of alkyl carbamates (subject to hydrolysis) is 1. The van der Waals surface area contributed by atoms with Gasteiger partial charge in [-0.25, -0.2) is 4.79 Å². The van der Waals surface area contributed by atoms with E-state index in [1.165, 1.54) is 0 Å². The predicted octanol–water partition coefficient (Wildman–Crippen LogP) is 2.91. The summed E-state index contributed by atoms with van der Waals surface area (Å²) in [6.45, 7) is 3.08. The van der Waals surface area contributed by atoms with Crippen LogP contribution in [-0.2, 0) is 19.1 Å². The zero-order valence-corrected chi connectivity index (χ0v) is 18.5. The number of ether oxygens (including phenoxy) is 2. The van der Waals surface area contributed by atoms with Gasteiger partial charge in [-0.05, 0) is 34.6 Å². The molecule has 174 valence electrons. The number of nitrogens with one attached hydrogen (secondary N) is 2. The van der Waals surface area contributed by atoms with E-state index in [9.17, 15) is 19.5 Å². The number of carbonyl (C=O) groups excluding carboxylic acids is 2. The minimum Gasteiger partial charge on any atom is -0.481 e. The highest BCUT2D eigenvalue weighted by Gasteiger charge is 2.32. The lowest BCUT2D eigenvalue weighted by atomic mass is 9.97. The largest absolute Gasteiger partial charge is 0.481 e. The van der Waals surface area contributed by atoms with Crippen molar-refractivity contribution in [2.45, 2.75) is 37.8 Å². The number of amides is 2. The van der Waals surface area contributed by atoms with Crippen molar-refractivity contribution in [2.75, 3.05) is 19.8 Å². The molecule has 1 heterocycles. The van der Waals surface area contributed by atoms with Crippen LogP contribution in [0.1, 0.15) is 36.8 Å². The Morgan fingerprint density at radius 1 is 1.09 bits per heavy atom. The zero-order chi connectivity index (χ0) is 23.4. The van der Waals surface area contributed by atoms with Gasteiger partial charge in [0.05, 0.1) is 13.0 Å². The molecule has 0 aromatic heterocycles. The van der Waals surface area contributed by atoms with Gasteiger partial charge >= 0.3 is 12.1 Å². The van der Waals surface area contributed by atoms with E-state index in [1.807, 2.05) is 55.5 Å². The lowest BCUT2D eigenvalue weighted by Gasteiger charge is -2.30. The molecular weight excluding hydrogens is 424 g/mol. The normalized spacial score (nSPS) is 20.3. The Morgan fingerprint density at radius 3 is 2.33 bits per heavy atom. The molecule has 2 aliphatic rings. The third-order valence-electron chi connectivity index (χ3n) is 6.30. The van der Waals surface area contributed by atoms with Crippen LogP contribution >= 0.6 is 0 Å². The van der Waals surface area contributed by atoms with E-state index < -0.39 is 30.4 Å². The standard InChI is InChI=1S/C25H28N2O6/c1-15-13-32-11-10-21(15)26-24(30)22(12-23(28)29)27-25(31)33-14-20-18-8-4-2-6-16(18)17-7-3-5-9-19(17)20/h2-9,15,20-22H,10-14H2,1H3,(H,26,30)(H,27,31)(H,28,29). The van der Waals surface area contributed by atoms with Gasteiger partial charge in [0.25, 0.3) is 0 Å². The molecule has 3 unspecified atom stereocenters. The number of aliphatic carboxylic acids is 1. The molecule has 2 amide bonds. The first-order chi connectivity index (χ1) is 15.9. The summed E-state index contributed by atoms with van der Waals surface area (Å²) < 4.78 is 10.8. The maximum atomic E-state index is 12.7. The molecule has 0 radical (unpaired) electrons. The number of hydrogen-bond acceptors (Lipinski definition) is 5. The quantitative estimate of drug-likeness (QED) is 0.595. The minimum atomic E-state index is -1.23. The Labute approximate surface area is 192 Å². The summed E-state index contributed by atoms with van der Waals surface area (Å²) in [6.07, 6.45) is -0.719. The zero-order valence-electron chi connectivity index (χ0n) is 18.5. The van der Waals surface area contributed by atoms with Gasteiger partial charge < -0.3 is 25.2 Å². The van der Waals surface area contributed by atoms with Crippen LogP contribution in [0.25, 0.3) is 11.1 Å². The van der Waals surface area contributed by atoms with Gasteiger partial charge in [-0.1, -0.05) is 55.5 Å². The molecule has 0 saturated carbocycles. The van der Waals surface area contributed by atoms with Crippen LogP contribution in [0.3, 0.4) is 0 Å². The molecule has 8 nitrogen and oxygen atoms in total. The Bertz CT molecular complexity index is 994. The van der Waals surface area contributed by atoms with Crippen LogP contribution in [0.5, 0.6) is 0 Å². The van der Waals surface area contributed by atoms with Gasteiger partial charge in [-0.15, -0.1) is 0 Å². The highest BCUT2D eigenvalue weighted by Crippen LogP contribution is 2.44. The van der Waals surface area contributed by atoms with E-state index in [0.717, 1.165) is 22.3 Å². The van der Waals surface area contributed by atoms with Crippen molar-refractivity contribution in [1.82, 2.24) is 10.6 Å². The van der Waals surface area contributed by atoms with E-state index >= 15 is 0 Å². The number of carboxylic acid groups (broad SMARTS) is 1. The molecule has 1 fully saturated rings. The van der Waals surface area contributed by atoms with Crippen LogP contribution in [0.4, 0.5) is 4.79 Å². The number of carboxylic acids is 1. The predicted molar refractivity (Wildman–Crippen MR) is 121 cm³/mol. The summed E-state index contributed by atoms with van der Waals surface area (Å²) in [5, 5.41) is 14.5. The Hall–Kier alpha value is -3.39. The second kappa shape index (κ2) is 10.0. The second-order valence-electron chi connectivity index (χ2n) is 8.58. The topological polar surface area (TPSA) is 114 Å². The van der Waals surface area contributed by atoms with Gasteiger partial charge in [0.2, 0.25) is 5.91 Å². The minimum absolute atomic E-state index is 0.0816. The van der Waals surface area contributed by atoms with E-state index in [-0.39, 0.29) is 24.5 Å². The summed E-state index contributed by atoms with van der Waals surface area (Å²) in [6, 6.07) is 14.6. The van der Waals surface area contributed by atoms with E-state index in [1.54, 1.807) is 0 Å². The molecule has 1 aliphatic heterocycles. The van der Waals surface area contributed by atoms with Gasteiger partial charge in [-0.2, -0.15) is 0 Å². The van der Waals surface area contributed by atoms with Crippen molar-refractivity contribution in [1.29, 1.82) is 0 Å². The Morgan fingerprint density at radius 2 is 1.73 bits per heavy atom. The van der Waals surface area contributed by atoms with Crippen molar-refractivity contribution < 1.29 is 29.0 Å². The molecule has 2 aromatic carbocycles. The Balaban J connectivity index is 1.40. The first-order valence-corrected chi connectivity index (χ1v) is 11.2. The fourth-order valence-corrected chi connectivity index (χ4v) is 4.54. The van der Waals surface area contributed by atoms with Crippen LogP contribution < -0.4 is 10.6 Å². The average Bonchev–Trinajstić information content (AvgIpc) is 3.12. The molecule has 0 spiro atoms. The van der Waals surface area contributed by atoms with Gasteiger partial charge in [-0.3, -0.25) is 9.59 Å². The smallest absolute Gasteiger partial charge is 0.407 e. The molecule has 0 bridgehead atoms. The summed E-state index contributed by atoms with van der Waals surface area (Å²) in [4.78, 5) is 36.6. The molecule has 2 aromatic rings. The third-order valence-corrected chi connectivity index (χ3v) is 6.30. The lowest BCUT2D eigenvalue weighted by molar-refractivity contribution is -0.140. The number of benzene rings is 2. The summed E-state index contributed by atoms with van der Waals surface area (Å²) in [7, 11) is 0. The van der Waals surface area contributed by atoms with Crippen molar-refractivity contribution in [3.05, 3.63) is 59.7 Å². The van der Waals surface area contributed by atoms with Gasteiger partial charge in [0.1, 0.15) is 12.6 Å². The van der Waals surface area contributed by atoms with Crippen LogP contribution in [0.2, 0.25) is 0 Å². The number of carbonyl (C=O) groups is 3. The number of rotatable bonds is 7. The molecule has 3 atom stereocenters. The summed E-state index contributed by atoms with van der Waals surface area (Å²) in [5.41, 5.74) is 4.35.